The maximum atomic E-state index is 12.1. The minimum absolute atomic E-state index is 0.0294. The van der Waals surface area contributed by atoms with Gasteiger partial charge in [0.1, 0.15) is 0 Å². The summed E-state index contributed by atoms with van der Waals surface area (Å²) in [6.45, 7) is 2.05. The lowest BCUT2D eigenvalue weighted by atomic mass is 10.1. The molecule has 0 saturated carbocycles. The predicted molar refractivity (Wildman–Crippen MR) is 85.9 cm³/mol. The molecule has 2 nitrogen and oxygen atoms in total. The Balaban J connectivity index is 1.65. The summed E-state index contributed by atoms with van der Waals surface area (Å²) in [4.78, 5) is 12.1. The Kier molecular flexibility index (Phi) is 3.87. The lowest BCUT2D eigenvalue weighted by Crippen LogP contribution is -2.25. The molecule has 21 heavy (non-hydrogen) atoms. The smallest absolute Gasteiger partial charge is 0.244 e. The second-order valence-corrected chi connectivity index (χ2v) is 5.55. The number of nitrogens with one attached hydrogen (secondary N) is 1. The lowest BCUT2D eigenvalue weighted by Gasteiger charge is -2.12. The van der Waals surface area contributed by atoms with Crippen molar-refractivity contribution in [2.45, 2.75) is 25.8 Å². The molecule has 1 unspecified atom stereocenters. The number of carbonyl (C=O) groups is 1. The number of carbonyl (C=O) groups excluding carboxylic acids is 1. The van der Waals surface area contributed by atoms with Crippen LogP contribution < -0.4 is 5.32 Å². The molecule has 1 atom stereocenters. The van der Waals surface area contributed by atoms with Gasteiger partial charge in [-0.15, -0.1) is 0 Å². The second kappa shape index (κ2) is 5.96. The van der Waals surface area contributed by atoms with Crippen molar-refractivity contribution in [2.24, 2.45) is 0 Å². The van der Waals surface area contributed by atoms with Crippen molar-refractivity contribution in [3.05, 3.63) is 76.9 Å². The maximum Gasteiger partial charge on any atom is 0.244 e. The van der Waals surface area contributed by atoms with Crippen molar-refractivity contribution in [3.8, 4) is 0 Å². The van der Waals surface area contributed by atoms with Gasteiger partial charge in [-0.05, 0) is 42.5 Å². The molecule has 0 heterocycles. The highest BCUT2D eigenvalue weighted by Gasteiger charge is 2.22. The van der Waals surface area contributed by atoms with Gasteiger partial charge in [0.05, 0.1) is 6.04 Å². The van der Waals surface area contributed by atoms with E-state index in [1.165, 1.54) is 16.7 Å². The number of hydrogen-bond acceptors (Lipinski definition) is 1. The summed E-state index contributed by atoms with van der Waals surface area (Å²) >= 11 is 0. The molecular formula is C19H19NO. The van der Waals surface area contributed by atoms with Crippen molar-refractivity contribution < 1.29 is 4.79 Å². The fourth-order valence-electron chi connectivity index (χ4n) is 2.87. The fraction of sp³-hybridized carbons (Fsp3) is 0.211. The molecule has 2 heteroatoms. The molecule has 0 aliphatic heterocycles. The molecule has 1 aliphatic carbocycles. The van der Waals surface area contributed by atoms with Gasteiger partial charge in [-0.3, -0.25) is 4.79 Å². The molecule has 1 amide bonds. The van der Waals surface area contributed by atoms with E-state index in [9.17, 15) is 4.79 Å². The number of aryl methyl sites for hydroxylation is 2. The third-order valence-electron chi connectivity index (χ3n) is 3.92. The third kappa shape index (κ3) is 3.22. The van der Waals surface area contributed by atoms with E-state index < -0.39 is 0 Å². The Morgan fingerprint density at radius 1 is 1.19 bits per heavy atom. The minimum Gasteiger partial charge on any atom is -0.346 e. The SMILES string of the molecule is Cc1cccc(/C=C/C(=O)NC2CCc3ccccc32)c1. The van der Waals surface area contributed by atoms with Crippen molar-refractivity contribution >= 4 is 12.0 Å². The molecule has 0 saturated heterocycles. The summed E-state index contributed by atoms with van der Waals surface area (Å²) in [6.07, 6.45) is 5.52. The fourth-order valence-corrected chi connectivity index (χ4v) is 2.87. The number of amides is 1. The van der Waals surface area contributed by atoms with Crippen molar-refractivity contribution in [1.29, 1.82) is 0 Å². The number of fused-ring (bicyclic) bond motifs is 1. The van der Waals surface area contributed by atoms with Crippen molar-refractivity contribution in [1.82, 2.24) is 5.32 Å². The van der Waals surface area contributed by atoms with Crippen LogP contribution in [-0.4, -0.2) is 5.91 Å². The Hall–Kier alpha value is -2.35. The van der Waals surface area contributed by atoms with E-state index in [1.54, 1.807) is 6.08 Å². The van der Waals surface area contributed by atoms with Gasteiger partial charge in [-0.1, -0.05) is 54.1 Å². The van der Waals surface area contributed by atoms with Gasteiger partial charge < -0.3 is 5.32 Å². The monoisotopic (exact) mass is 277 g/mol. The molecule has 106 valence electrons. The highest BCUT2D eigenvalue weighted by Crippen LogP contribution is 2.30. The first-order valence-electron chi connectivity index (χ1n) is 7.35. The quantitative estimate of drug-likeness (QED) is 0.849. The number of hydrogen-bond donors (Lipinski definition) is 1. The zero-order valence-corrected chi connectivity index (χ0v) is 12.2. The van der Waals surface area contributed by atoms with E-state index in [4.69, 9.17) is 0 Å². The van der Waals surface area contributed by atoms with Crippen LogP contribution in [0.3, 0.4) is 0 Å². The van der Waals surface area contributed by atoms with E-state index >= 15 is 0 Å². The zero-order valence-electron chi connectivity index (χ0n) is 12.2. The summed E-state index contributed by atoms with van der Waals surface area (Å²) in [7, 11) is 0. The van der Waals surface area contributed by atoms with E-state index in [2.05, 4.69) is 29.6 Å². The number of rotatable bonds is 3. The molecule has 1 N–H and O–H groups in total. The van der Waals surface area contributed by atoms with E-state index in [-0.39, 0.29) is 11.9 Å². The van der Waals surface area contributed by atoms with Gasteiger partial charge in [-0.25, -0.2) is 0 Å². The van der Waals surface area contributed by atoms with Crippen LogP contribution in [0.1, 0.15) is 34.7 Å². The van der Waals surface area contributed by atoms with Crippen LogP contribution in [0.25, 0.3) is 6.08 Å². The molecule has 1 aliphatic rings. The Bertz CT molecular complexity index is 687. The van der Waals surface area contributed by atoms with Gasteiger partial charge in [0.25, 0.3) is 0 Å². The molecule has 0 fully saturated rings. The molecule has 0 spiro atoms. The third-order valence-corrected chi connectivity index (χ3v) is 3.92. The Labute approximate surface area is 125 Å². The standard InChI is InChI=1S/C19H19NO/c1-14-5-4-6-15(13-14)9-12-19(21)20-18-11-10-16-7-2-3-8-17(16)18/h2-9,12-13,18H,10-11H2,1H3,(H,20,21)/b12-9+. The molecule has 3 rings (SSSR count). The lowest BCUT2D eigenvalue weighted by molar-refractivity contribution is -0.117. The van der Waals surface area contributed by atoms with Gasteiger partial charge >= 0.3 is 0 Å². The predicted octanol–water partition coefficient (Wildman–Crippen LogP) is 3.81. The van der Waals surface area contributed by atoms with Crippen LogP contribution in [0.4, 0.5) is 0 Å². The molecular weight excluding hydrogens is 258 g/mol. The van der Waals surface area contributed by atoms with Crippen LogP contribution >= 0.6 is 0 Å². The summed E-state index contributed by atoms with van der Waals surface area (Å²) in [5.74, 6) is -0.0294. The van der Waals surface area contributed by atoms with Gasteiger partial charge in [0.15, 0.2) is 0 Å². The largest absolute Gasteiger partial charge is 0.346 e. The minimum atomic E-state index is -0.0294. The Morgan fingerprint density at radius 2 is 2.05 bits per heavy atom. The van der Waals surface area contributed by atoms with Crippen LogP contribution in [0.5, 0.6) is 0 Å². The highest BCUT2D eigenvalue weighted by molar-refractivity contribution is 5.92. The van der Waals surface area contributed by atoms with Gasteiger partial charge in [0, 0.05) is 6.08 Å². The van der Waals surface area contributed by atoms with Gasteiger partial charge in [-0.2, -0.15) is 0 Å². The molecule has 2 aromatic carbocycles. The average molecular weight is 277 g/mol. The van der Waals surface area contributed by atoms with Crippen LogP contribution in [-0.2, 0) is 11.2 Å². The first-order chi connectivity index (χ1) is 10.2. The summed E-state index contributed by atoms with van der Waals surface area (Å²) < 4.78 is 0. The first kappa shape index (κ1) is 13.6. The zero-order chi connectivity index (χ0) is 14.7. The van der Waals surface area contributed by atoms with E-state index in [0.29, 0.717) is 0 Å². The molecule has 0 bridgehead atoms. The molecule has 2 aromatic rings. The van der Waals surface area contributed by atoms with Crippen LogP contribution in [0.2, 0.25) is 0 Å². The van der Waals surface area contributed by atoms with E-state index in [0.717, 1.165) is 18.4 Å². The normalized spacial score (nSPS) is 16.9. The Morgan fingerprint density at radius 3 is 2.90 bits per heavy atom. The highest BCUT2D eigenvalue weighted by atomic mass is 16.1. The first-order valence-corrected chi connectivity index (χ1v) is 7.35. The number of benzene rings is 2. The van der Waals surface area contributed by atoms with Crippen molar-refractivity contribution in [3.63, 3.8) is 0 Å². The summed E-state index contributed by atoms with van der Waals surface area (Å²) in [5, 5.41) is 3.09. The van der Waals surface area contributed by atoms with Crippen molar-refractivity contribution in [2.75, 3.05) is 0 Å². The summed E-state index contributed by atoms with van der Waals surface area (Å²) in [6, 6.07) is 16.6. The maximum absolute atomic E-state index is 12.1. The van der Waals surface area contributed by atoms with Crippen LogP contribution in [0.15, 0.2) is 54.6 Å². The van der Waals surface area contributed by atoms with Gasteiger partial charge in [0.2, 0.25) is 5.91 Å². The molecule has 0 radical (unpaired) electrons. The topological polar surface area (TPSA) is 29.1 Å². The second-order valence-electron chi connectivity index (χ2n) is 5.55. The average Bonchev–Trinajstić information content (AvgIpc) is 2.89. The summed E-state index contributed by atoms with van der Waals surface area (Å²) in [5.41, 5.74) is 4.86. The van der Waals surface area contributed by atoms with E-state index in [1.807, 2.05) is 37.3 Å². The van der Waals surface area contributed by atoms with Crippen LogP contribution in [0, 0.1) is 6.92 Å². The molecule has 0 aromatic heterocycles.